The lowest BCUT2D eigenvalue weighted by molar-refractivity contribution is 1.13. The summed E-state index contributed by atoms with van der Waals surface area (Å²) in [5, 5.41) is 3.75. The van der Waals surface area contributed by atoms with E-state index in [1.807, 2.05) is 12.3 Å². The fourth-order valence-corrected chi connectivity index (χ4v) is 2.48. The van der Waals surface area contributed by atoms with Gasteiger partial charge in [0.2, 0.25) is 0 Å². The average molecular weight is 198 g/mol. The van der Waals surface area contributed by atoms with Gasteiger partial charge >= 0.3 is 0 Å². The van der Waals surface area contributed by atoms with Crippen molar-refractivity contribution in [2.75, 3.05) is 0 Å². The number of hydrogen-bond acceptors (Lipinski definition) is 2. The Morgan fingerprint density at radius 1 is 1.58 bits per heavy atom. The monoisotopic (exact) mass is 197 g/mol. The van der Waals surface area contributed by atoms with Crippen molar-refractivity contribution in [3.63, 3.8) is 0 Å². The molecule has 0 N–H and O–H groups in total. The van der Waals surface area contributed by atoms with Crippen LogP contribution in [-0.2, 0) is 6.42 Å². The first-order valence-electron chi connectivity index (χ1n) is 3.83. The molecule has 3 heteroatoms. The van der Waals surface area contributed by atoms with Crippen molar-refractivity contribution in [3.05, 3.63) is 28.4 Å². The molecule has 2 aromatic rings. The van der Waals surface area contributed by atoms with Crippen LogP contribution in [0.4, 0.5) is 0 Å². The maximum Gasteiger partial charge on any atom is 0.137 e. The molecule has 0 atom stereocenters. The van der Waals surface area contributed by atoms with Crippen LogP contribution in [0.3, 0.4) is 0 Å². The van der Waals surface area contributed by atoms with Crippen LogP contribution in [0.5, 0.6) is 0 Å². The van der Waals surface area contributed by atoms with Gasteiger partial charge in [0.15, 0.2) is 0 Å². The Bertz CT molecular complexity index is 408. The molecule has 2 aromatic heterocycles. The minimum absolute atomic E-state index is 0.614. The Labute approximate surface area is 80.0 Å². The standard InChI is InChI=1S/C9H8ClNS/c1-2-6-5-11-9(10)7-3-4-12-8(6)7/h3-5H,2H2,1H3. The predicted octanol–water partition coefficient (Wildman–Crippen LogP) is 3.51. The summed E-state index contributed by atoms with van der Waals surface area (Å²) in [6, 6.07) is 2.02. The van der Waals surface area contributed by atoms with Gasteiger partial charge in [0.1, 0.15) is 5.15 Å². The van der Waals surface area contributed by atoms with Crippen LogP contribution in [0, 0.1) is 0 Å². The minimum atomic E-state index is 0.614. The lowest BCUT2D eigenvalue weighted by atomic mass is 10.2. The number of pyridine rings is 1. The van der Waals surface area contributed by atoms with Gasteiger partial charge in [0, 0.05) is 16.3 Å². The normalized spacial score (nSPS) is 10.8. The maximum atomic E-state index is 5.92. The first kappa shape index (κ1) is 8.02. The van der Waals surface area contributed by atoms with Gasteiger partial charge in [0.05, 0.1) is 0 Å². The van der Waals surface area contributed by atoms with Crippen molar-refractivity contribution in [2.24, 2.45) is 0 Å². The Balaban J connectivity index is 2.82. The molecule has 0 aliphatic carbocycles. The molecule has 0 amide bonds. The molecule has 12 heavy (non-hydrogen) atoms. The Morgan fingerprint density at radius 3 is 3.17 bits per heavy atom. The van der Waals surface area contributed by atoms with E-state index in [9.17, 15) is 0 Å². The smallest absolute Gasteiger partial charge is 0.137 e. The number of nitrogens with zero attached hydrogens (tertiary/aromatic N) is 1. The SMILES string of the molecule is CCc1cnc(Cl)c2ccsc12. The largest absolute Gasteiger partial charge is 0.244 e. The van der Waals surface area contributed by atoms with Gasteiger partial charge in [0.25, 0.3) is 0 Å². The molecule has 0 spiro atoms. The van der Waals surface area contributed by atoms with Gasteiger partial charge in [-0.05, 0) is 23.4 Å². The van der Waals surface area contributed by atoms with Gasteiger partial charge in [-0.1, -0.05) is 18.5 Å². The van der Waals surface area contributed by atoms with Crippen LogP contribution >= 0.6 is 22.9 Å². The second-order valence-electron chi connectivity index (χ2n) is 2.59. The quantitative estimate of drug-likeness (QED) is 0.638. The molecule has 1 nitrogen and oxygen atoms in total. The summed E-state index contributed by atoms with van der Waals surface area (Å²) in [4.78, 5) is 4.12. The molecule has 0 aromatic carbocycles. The molecule has 0 aliphatic heterocycles. The summed E-state index contributed by atoms with van der Waals surface area (Å²) in [5.41, 5.74) is 1.28. The zero-order valence-electron chi connectivity index (χ0n) is 6.67. The third-order valence-electron chi connectivity index (χ3n) is 1.89. The van der Waals surface area contributed by atoms with Crippen LogP contribution in [-0.4, -0.2) is 4.98 Å². The summed E-state index contributed by atoms with van der Waals surface area (Å²) < 4.78 is 1.28. The van der Waals surface area contributed by atoms with Crippen LogP contribution in [0.25, 0.3) is 10.1 Å². The molecular formula is C9H8ClNS. The highest BCUT2D eigenvalue weighted by Gasteiger charge is 2.04. The van der Waals surface area contributed by atoms with Crippen molar-refractivity contribution in [1.82, 2.24) is 4.98 Å². The third-order valence-corrected chi connectivity index (χ3v) is 3.18. The topological polar surface area (TPSA) is 12.9 Å². The van der Waals surface area contributed by atoms with E-state index in [1.165, 1.54) is 10.3 Å². The van der Waals surface area contributed by atoms with Gasteiger partial charge in [-0.15, -0.1) is 11.3 Å². The number of thiophene rings is 1. The van der Waals surface area contributed by atoms with E-state index in [1.54, 1.807) is 11.3 Å². The summed E-state index contributed by atoms with van der Waals surface area (Å²) in [5.74, 6) is 0. The van der Waals surface area contributed by atoms with Gasteiger partial charge < -0.3 is 0 Å². The van der Waals surface area contributed by atoms with E-state index in [2.05, 4.69) is 17.3 Å². The number of halogens is 1. The Hall–Kier alpha value is -0.600. The summed E-state index contributed by atoms with van der Waals surface area (Å²) in [6.45, 7) is 2.13. The van der Waals surface area contributed by atoms with Crippen LogP contribution in [0.15, 0.2) is 17.6 Å². The van der Waals surface area contributed by atoms with Crippen molar-refractivity contribution in [1.29, 1.82) is 0 Å². The molecule has 2 heterocycles. The Morgan fingerprint density at radius 2 is 2.42 bits per heavy atom. The maximum absolute atomic E-state index is 5.92. The molecule has 0 saturated heterocycles. The molecule has 62 valence electrons. The molecule has 0 fully saturated rings. The molecule has 2 rings (SSSR count). The van der Waals surface area contributed by atoms with E-state index < -0.39 is 0 Å². The van der Waals surface area contributed by atoms with Crippen molar-refractivity contribution < 1.29 is 0 Å². The lowest BCUT2D eigenvalue weighted by Crippen LogP contribution is -1.83. The van der Waals surface area contributed by atoms with E-state index in [0.29, 0.717) is 5.15 Å². The molecule has 0 aliphatic rings. The first-order valence-corrected chi connectivity index (χ1v) is 5.09. The zero-order valence-corrected chi connectivity index (χ0v) is 8.25. The summed E-state index contributed by atoms with van der Waals surface area (Å²) in [7, 11) is 0. The fraction of sp³-hybridized carbons (Fsp3) is 0.222. The van der Waals surface area contributed by atoms with Gasteiger partial charge in [-0.2, -0.15) is 0 Å². The number of fused-ring (bicyclic) bond motifs is 1. The number of aromatic nitrogens is 1. The van der Waals surface area contributed by atoms with Crippen LogP contribution < -0.4 is 0 Å². The Kier molecular flexibility index (Phi) is 2.03. The second-order valence-corrected chi connectivity index (χ2v) is 3.87. The summed E-state index contributed by atoms with van der Waals surface area (Å²) in [6.07, 6.45) is 2.88. The van der Waals surface area contributed by atoms with E-state index in [0.717, 1.165) is 11.8 Å². The molecular weight excluding hydrogens is 190 g/mol. The van der Waals surface area contributed by atoms with E-state index in [4.69, 9.17) is 11.6 Å². The fourth-order valence-electron chi connectivity index (χ4n) is 1.23. The molecule has 0 radical (unpaired) electrons. The van der Waals surface area contributed by atoms with Gasteiger partial charge in [-0.3, -0.25) is 0 Å². The van der Waals surface area contributed by atoms with Gasteiger partial charge in [-0.25, -0.2) is 4.98 Å². The highest BCUT2D eigenvalue weighted by atomic mass is 35.5. The van der Waals surface area contributed by atoms with Crippen molar-refractivity contribution in [3.8, 4) is 0 Å². The third kappa shape index (κ3) is 1.11. The second kappa shape index (κ2) is 3.04. The summed E-state index contributed by atoms with van der Waals surface area (Å²) >= 11 is 7.65. The number of rotatable bonds is 1. The highest BCUT2D eigenvalue weighted by molar-refractivity contribution is 7.17. The van der Waals surface area contributed by atoms with Crippen molar-refractivity contribution in [2.45, 2.75) is 13.3 Å². The number of aryl methyl sites for hydroxylation is 1. The predicted molar refractivity (Wildman–Crippen MR) is 54.0 cm³/mol. The highest BCUT2D eigenvalue weighted by Crippen LogP contribution is 2.29. The first-order chi connectivity index (χ1) is 5.83. The van der Waals surface area contributed by atoms with Crippen LogP contribution in [0.2, 0.25) is 5.15 Å². The van der Waals surface area contributed by atoms with E-state index >= 15 is 0 Å². The molecule has 0 bridgehead atoms. The minimum Gasteiger partial charge on any atom is -0.244 e. The molecule has 0 saturated carbocycles. The lowest BCUT2D eigenvalue weighted by Gasteiger charge is -1.98. The van der Waals surface area contributed by atoms with Crippen molar-refractivity contribution >= 4 is 33.0 Å². The van der Waals surface area contributed by atoms with Crippen LogP contribution in [0.1, 0.15) is 12.5 Å². The zero-order chi connectivity index (χ0) is 8.55. The number of hydrogen-bond donors (Lipinski definition) is 0. The molecule has 0 unspecified atom stereocenters. The van der Waals surface area contributed by atoms with E-state index in [-0.39, 0.29) is 0 Å². The average Bonchev–Trinajstić information content (AvgIpc) is 2.54.